The number of ether oxygens (including phenoxy) is 1. The molecular weight excluding hydrogens is 206 g/mol. The van der Waals surface area contributed by atoms with Crippen molar-refractivity contribution in [1.82, 2.24) is 10.2 Å². The van der Waals surface area contributed by atoms with Crippen molar-refractivity contribution in [2.75, 3.05) is 31.7 Å². The lowest BCUT2D eigenvalue weighted by Gasteiger charge is -2.18. The Bertz CT molecular complexity index is 387. The summed E-state index contributed by atoms with van der Waals surface area (Å²) < 4.78 is 5.53. The minimum Gasteiger partial charge on any atom is -0.379 e. The van der Waals surface area contributed by atoms with Gasteiger partial charge in [0, 0.05) is 26.3 Å². The molecule has 5 heteroatoms. The SMILES string of the molecule is CN(CCOCC1CC1)c1cn[nH]c(=O)c1. The summed E-state index contributed by atoms with van der Waals surface area (Å²) in [7, 11) is 1.93. The highest BCUT2D eigenvalue weighted by atomic mass is 16.5. The molecule has 0 radical (unpaired) electrons. The Kier molecular flexibility index (Phi) is 3.56. The number of aromatic nitrogens is 2. The lowest BCUT2D eigenvalue weighted by Crippen LogP contribution is -2.24. The van der Waals surface area contributed by atoms with E-state index in [0.29, 0.717) is 6.61 Å². The van der Waals surface area contributed by atoms with Gasteiger partial charge < -0.3 is 9.64 Å². The third-order valence-corrected chi connectivity index (χ3v) is 2.71. The molecule has 0 aliphatic heterocycles. The first-order chi connectivity index (χ1) is 7.75. The first-order valence-electron chi connectivity index (χ1n) is 5.59. The van der Waals surface area contributed by atoms with Gasteiger partial charge in [0.05, 0.1) is 18.5 Å². The normalized spacial score (nSPS) is 15.1. The summed E-state index contributed by atoms with van der Waals surface area (Å²) in [4.78, 5) is 13.0. The lowest BCUT2D eigenvalue weighted by molar-refractivity contribution is 0.131. The summed E-state index contributed by atoms with van der Waals surface area (Å²) in [5.74, 6) is 0.798. The molecule has 0 bridgehead atoms. The number of likely N-dealkylation sites (N-methyl/N-ethyl adjacent to an activating group) is 1. The third-order valence-electron chi connectivity index (χ3n) is 2.71. The van der Waals surface area contributed by atoms with Gasteiger partial charge in [-0.25, -0.2) is 5.10 Å². The van der Waals surface area contributed by atoms with Crippen molar-refractivity contribution in [3.05, 3.63) is 22.6 Å². The van der Waals surface area contributed by atoms with Gasteiger partial charge in [0.2, 0.25) is 0 Å². The number of H-pyrrole nitrogens is 1. The minimum atomic E-state index is -0.178. The zero-order valence-electron chi connectivity index (χ0n) is 9.48. The highest BCUT2D eigenvalue weighted by Gasteiger charge is 2.20. The van der Waals surface area contributed by atoms with Crippen molar-refractivity contribution in [3.8, 4) is 0 Å². The predicted octanol–water partition coefficient (Wildman–Crippen LogP) is 0.633. The molecule has 0 spiro atoms. The van der Waals surface area contributed by atoms with Gasteiger partial charge in [-0.3, -0.25) is 4.79 Å². The highest BCUT2D eigenvalue weighted by molar-refractivity contribution is 5.41. The molecule has 1 fully saturated rings. The lowest BCUT2D eigenvalue weighted by atomic mass is 10.4. The second-order valence-corrected chi connectivity index (χ2v) is 4.24. The number of anilines is 1. The van der Waals surface area contributed by atoms with Crippen LogP contribution < -0.4 is 10.5 Å². The Morgan fingerprint density at radius 2 is 2.44 bits per heavy atom. The first-order valence-corrected chi connectivity index (χ1v) is 5.59. The second kappa shape index (κ2) is 5.12. The maximum Gasteiger partial charge on any atom is 0.266 e. The standard InChI is InChI=1S/C11H17N3O2/c1-14(4-5-16-8-9-2-3-9)10-6-11(15)13-12-7-10/h6-7,9H,2-5,8H2,1H3,(H,13,15). The Labute approximate surface area is 94.4 Å². The van der Waals surface area contributed by atoms with Crippen LogP contribution in [-0.2, 0) is 4.74 Å². The molecule has 0 atom stereocenters. The number of hydrogen-bond donors (Lipinski definition) is 1. The molecule has 1 heterocycles. The maximum atomic E-state index is 11.0. The summed E-state index contributed by atoms with van der Waals surface area (Å²) in [5, 5.41) is 6.11. The fourth-order valence-electron chi connectivity index (χ4n) is 1.44. The summed E-state index contributed by atoms with van der Waals surface area (Å²) in [6, 6.07) is 1.54. The zero-order valence-corrected chi connectivity index (χ0v) is 9.48. The van der Waals surface area contributed by atoms with Gasteiger partial charge in [-0.15, -0.1) is 0 Å². The summed E-state index contributed by atoms with van der Waals surface area (Å²) >= 11 is 0. The molecule has 1 aromatic rings. The Balaban J connectivity index is 1.73. The average molecular weight is 223 g/mol. The van der Waals surface area contributed by atoms with Gasteiger partial charge in [-0.1, -0.05) is 0 Å². The van der Waals surface area contributed by atoms with Crippen molar-refractivity contribution < 1.29 is 4.74 Å². The van der Waals surface area contributed by atoms with Crippen molar-refractivity contribution in [2.45, 2.75) is 12.8 Å². The number of aromatic amines is 1. The topological polar surface area (TPSA) is 58.2 Å². The van der Waals surface area contributed by atoms with E-state index in [4.69, 9.17) is 4.74 Å². The summed E-state index contributed by atoms with van der Waals surface area (Å²) in [5.41, 5.74) is 0.641. The summed E-state index contributed by atoms with van der Waals surface area (Å²) in [6.45, 7) is 2.35. The van der Waals surface area contributed by atoms with Gasteiger partial charge in [0.1, 0.15) is 0 Å². The van der Waals surface area contributed by atoms with Crippen LogP contribution in [-0.4, -0.2) is 37.0 Å². The van der Waals surface area contributed by atoms with Crippen LogP contribution in [0.1, 0.15) is 12.8 Å². The Morgan fingerprint density at radius 1 is 1.62 bits per heavy atom. The molecule has 1 aromatic heterocycles. The molecule has 88 valence electrons. The Morgan fingerprint density at radius 3 is 3.12 bits per heavy atom. The van der Waals surface area contributed by atoms with E-state index in [1.165, 1.54) is 18.9 Å². The molecule has 1 aliphatic carbocycles. The molecule has 1 saturated carbocycles. The molecule has 0 aromatic carbocycles. The third kappa shape index (κ3) is 3.34. The molecule has 0 unspecified atom stereocenters. The molecular formula is C11H17N3O2. The van der Waals surface area contributed by atoms with Crippen LogP contribution >= 0.6 is 0 Å². The predicted molar refractivity (Wildman–Crippen MR) is 61.7 cm³/mol. The largest absolute Gasteiger partial charge is 0.379 e. The van der Waals surface area contributed by atoms with E-state index in [9.17, 15) is 4.79 Å². The van der Waals surface area contributed by atoms with Crippen LogP contribution in [0.5, 0.6) is 0 Å². The average Bonchev–Trinajstić information content (AvgIpc) is 3.08. The van der Waals surface area contributed by atoms with E-state index in [2.05, 4.69) is 10.2 Å². The fraction of sp³-hybridized carbons (Fsp3) is 0.636. The van der Waals surface area contributed by atoms with Crippen LogP contribution in [0.4, 0.5) is 5.69 Å². The van der Waals surface area contributed by atoms with Crippen LogP contribution in [0.25, 0.3) is 0 Å². The van der Waals surface area contributed by atoms with Crippen molar-refractivity contribution in [1.29, 1.82) is 0 Å². The molecule has 5 nitrogen and oxygen atoms in total. The minimum absolute atomic E-state index is 0.178. The molecule has 1 N–H and O–H groups in total. The highest BCUT2D eigenvalue weighted by Crippen LogP contribution is 2.28. The van der Waals surface area contributed by atoms with E-state index in [0.717, 1.165) is 24.8 Å². The van der Waals surface area contributed by atoms with Crippen LogP contribution in [0.2, 0.25) is 0 Å². The van der Waals surface area contributed by atoms with Crippen LogP contribution in [0.15, 0.2) is 17.1 Å². The van der Waals surface area contributed by atoms with Crippen molar-refractivity contribution in [3.63, 3.8) is 0 Å². The molecule has 0 saturated heterocycles. The molecule has 0 amide bonds. The monoisotopic (exact) mass is 223 g/mol. The van der Waals surface area contributed by atoms with Gasteiger partial charge in [-0.05, 0) is 18.8 Å². The van der Waals surface area contributed by atoms with E-state index in [-0.39, 0.29) is 5.56 Å². The van der Waals surface area contributed by atoms with Gasteiger partial charge in [0.15, 0.2) is 0 Å². The van der Waals surface area contributed by atoms with Crippen molar-refractivity contribution >= 4 is 5.69 Å². The maximum absolute atomic E-state index is 11.0. The first kappa shape index (κ1) is 11.1. The smallest absolute Gasteiger partial charge is 0.266 e. The second-order valence-electron chi connectivity index (χ2n) is 4.24. The number of rotatable bonds is 6. The van der Waals surface area contributed by atoms with E-state index < -0.39 is 0 Å². The van der Waals surface area contributed by atoms with Gasteiger partial charge in [-0.2, -0.15) is 5.10 Å². The van der Waals surface area contributed by atoms with Crippen LogP contribution in [0.3, 0.4) is 0 Å². The molecule has 2 rings (SSSR count). The van der Waals surface area contributed by atoms with E-state index in [1.807, 2.05) is 11.9 Å². The Hall–Kier alpha value is -1.36. The molecule has 1 aliphatic rings. The molecule has 16 heavy (non-hydrogen) atoms. The number of hydrogen-bond acceptors (Lipinski definition) is 4. The zero-order chi connectivity index (χ0) is 11.4. The number of nitrogens with one attached hydrogen (secondary N) is 1. The quantitative estimate of drug-likeness (QED) is 0.719. The summed E-state index contributed by atoms with van der Waals surface area (Å²) in [6.07, 6.45) is 4.27. The number of nitrogens with zero attached hydrogens (tertiary/aromatic N) is 2. The van der Waals surface area contributed by atoms with Gasteiger partial charge in [0.25, 0.3) is 5.56 Å². The van der Waals surface area contributed by atoms with Crippen molar-refractivity contribution in [2.24, 2.45) is 5.92 Å². The van der Waals surface area contributed by atoms with Crippen LogP contribution in [0, 0.1) is 5.92 Å². The van der Waals surface area contributed by atoms with E-state index in [1.54, 1.807) is 6.20 Å². The van der Waals surface area contributed by atoms with Gasteiger partial charge >= 0.3 is 0 Å². The fourth-order valence-corrected chi connectivity index (χ4v) is 1.44. The van der Waals surface area contributed by atoms with E-state index >= 15 is 0 Å².